The first-order valence-corrected chi connectivity index (χ1v) is 17.4. The minimum atomic E-state index is -3.54. The molecule has 3 fully saturated rings. The Hall–Kier alpha value is -2.51. The Bertz CT molecular complexity index is 1410. The van der Waals surface area contributed by atoms with Crippen LogP contribution in [0.3, 0.4) is 0 Å². The molecule has 7 atom stereocenters. The maximum atomic E-state index is 15.2. The van der Waals surface area contributed by atoms with Crippen LogP contribution in [-0.4, -0.2) is 89.5 Å². The van der Waals surface area contributed by atoms with E-state index in [1.807, 2.05) is 24.3 Å². The monoisotopic (exact) mass is 651 g/mol. The molecule has 3 aliphatic rings. The van der Waals surface area contributed by atoms with Gasteiger partial charge >= 0.3 is 6.09 Å². The van der Waals surface area contributed by atoms with Crippen LogP contribution in [0, 0.1) is 11.7 Å². The first-order chi connectivity index (χ1) is 20.9. The van der Waals surface area contributed by atoms with Gasteiger partial charge < -0.3 is 25.8 Å². The number of benzene rings is 1. The van der Waals surface area contributed by atoms with E-state index >= 15 is 4.39 Å². The first kappa shape index (κ1) is 32.9. The first-order valence-electron chi connectivity index (χ1n) is 15.4. The number of aromatic nitrogens is 1. The van der Waals surface area contributed by atoms with Gasteiger partial charge in [-0.05, 0) is 76.0 Å². The predicted octanol–water partition coefficient (Wildman–Crippen LogP) is 4.69. The second kappa shape index (κ2) is 13.9. The van der Waals surface area contributed by atoms with Gasteiger partial charge in [-0.15, -0.1) is 0 Å². The summed E-state index contributed by atoms with van der Waals surface area (Å²) in [5.41, 5.74) is 8.85. The summed E-state index contributed by atoms with van der Waals surface area (Å²) in [4.78, 5) is 17.4. The molecule has 13 heteroatoms. The fraction of sp³-hybridized carbons (Fsp3) is 0.613. The Morgan fingerprint density at radius 1 is 1.20 bits per heavy atom. The Morgan fingerprint density at radius 2 is 1.91 bits per heavy atom. The lowest BCUT2D eigenvalue weighted by atomic mass is 9.74. The van der Waals surface area contributed by atoms with Gasteiger partial charge in [0.1, 0.15) is 5.82 Å². The number of carboxylic acid groups (broad SMARTS) is 1. The van der Waals surface area contributed by atoms with Crippen molar-refractivity contribution in [3.63, 3.8) is 0 Å². The van der Waals surface area contributed by atoms with Crippen LogP contribution >= 0.6 is 11.6 Å². The summed E-state index contributed by atoms with van der Waals surface area (Å²) in [6.07, 6.45) is 4.99. The van der Waals surface area contributed by atoms with Crippen molar-refractivity contribution < 1.29 is 27.4 Å². The predicted molar refractivity (Wildman–Crippen MR) is 168 cm³/mol. The molecule has 4 N–H and O–H groups in total. The van der Waals surface area contributed by atoms with Crippen molar-refractivity contribution in [3.05, 3.63) is 58.6 Å². The number of sulfonamides is 1. The average molecular weight is 652 g/mol. The van der Waals surface area contributed by atoms with Gasteiger partial charge in [0.05, 0.1) is 36.0 Å². The molecule has 10 nitrogen and oxygen atoms in total. The zero-order valence-electron chi connectivity index (χ0n) is 25.2. The fourth-order valence-electron chi connectivity index (χ4n) is 7.44. The van der Waals surface area contributed by atoms with Crippen LogP contribution in [0.1, 0.15) is 63.0 Å². The summed E-state index contributed by atoms with van der Waals surface area (Å²) in [5.74, 6) is -0.239. The van der Waals surface area contributed by atoms with Crippen LogP contribution in [0.4, 0.5) is 14.9 Å². The third-order valence-corrected chi connectivity index (χ3v) is 11.6. The van der Waals surface area contributed by atoms with Gasteiger partial charge in [0.25, 0.3) is 0 Å². The van der Waals surface area contributed by atoms with Crippen LogP contribution in [0.15, 0.2) is 36.7 Å². The van der Waals surface area contributed by atoms with E-state index in [9.17, 15) is 18.3 Å². The number of piperazine rings is 1. The van der Waals surface area contributed by atoms with Gasteiger partial charge in [0.15, 0.2) is 0 Å². The lowest BCUT2D eigenvalue weighted by Gasteiger charge is -2.43. The Morgan fingerprint density at radius 3 is 2.59 bits per heavy atom. The molecule has 1 aromatic heterocycles. The van der Waals surface area contributed by atoms with Crippen LogP contribution in [0.2, 0.25) is 5.02 Å². The second-order valence-electron chi connectivity index (χ2n) is 12.6. The van der Waals surface area contributed by atoms with E-state index in [0.717, 1.165) is 24.6 Å². The largest absolute Gasteiger partial charge is 0.465 e. The van der Waals surface area contributed by atoms with Crippen LogP contribution in [-0.2, 0) is 21.2 Å². The highest BCUT2D eigenvalue weighted by molar-refractivity contribution is 7.89. The summed E-state index contributed by atoms with van der Waals surface area (Å²) in [5, 5.41) is 13.8. The van der Waals surface area contributed by atoms with Crippen molar-refractivity contribution in [2.45, 2.75) is 88.6 Å². The van der Waals surface area contributed by atoms with E-state index in [-0.39, 0.29) is 67.8 Å². The molecule has 2 bridgehead atoms. The number of halogens is 2. The third kappa shape index (κ3) is 7.47. The van der Waals surface area contributed by atoms with Crippen molar-refractivity contribution in [2.24, 2.45) is 11.7 Å². The molecule has 0 spiro atoms. The molecule has 2 aromatic rings. The average Bonchev–Trinajstić information content (AvgIpc) is 3.08. The lowest BCUT2D eigenvalue weighted by Crippen LogP contribution is -2.60. The van der Waals surface area contributed by atoms with E-state index in [0.29, 0.717) is 35.7 Å². The molecule has 0 saturated carbocycles. The molecule has 3 saturated heterocycles. The molecule has 44 heavy (non-hydrogen) atoms. The molecule has 1 aromatic carbocycles. The molecule has 5 rings (SSSR count). The SMILES string of the molecule is CC1CC([C@H](c2ccc(Cl)cc2)[C@@H](N)CNc2cncc(F)c2CCC2CN(C(=O)O)C3CCCS(=O)(=O)N2C3)CC(C)O1. The van der Waals surface area contributed by atoms with Crippen LogP contribution in [0.5, 0.6) is 0 Å². The summed E-state index contributed by atoms with van der Waals surface area (Å²) in [7, 11) is -3.54. The highest BCUT2D eigenvalue weighted by Crippen LogP contribution is 2.39. The number of carbonyl (C=O) groups is 1. The number of pyridine rings is 1. The van der Waals surface area contributed by atoms with Gasteiger partial charge in [-0.25, -0.2) is 17.6 Å². The van der Waals surface area contributed by atoms with Crippen molar-refractivity contribution in [2.75, 3.05) is 30.7 Å². The number of nitrogens with two attached hydrogens (primary N) is 1. The molecule has 0 radical (unpaired) electrons. The van der Waals surface area contributed by atoms with Crippen molar-refractivity contribution in [1.82, 2.24) is 14.2 Å². The summed E-state index contributed by atoms with van der Waals surface area (Å²) in [6.45, 7) is 4.70. The second-order valence-corrected chi connectivity index (χ2v) is 15.0. The minimum absolute atomic E-state index is 0.00367. The van der Waals surface area contributed by atoms with Crippen molar-refractivity contribution in [3.8, 4) is 0 Å². The molecular weight excluding hydrogens is 609 g/mol. The summed E-state index contributed by atoms with van der Waals surface area (Å²) < 4.78 is 48.7. The summed E-state index contributed by atoms with van der Waals surface area (Å²) >= 11 is 6.19. The van der Waals surface area contributed by atoms with E-state index in [1.54, 1.807) is 6.20 Å². The molecule has 1 amide bonds. The number of fused-ring (bicyclic) bond motifs is 2. The minimum Gasteiger partial charge on any atom is -0.465 e. The zero-order valence-corrected chi connectivity index (χ0v) is 26.8. The normalized spacial score (nSPS) is 29.8. The molecular formula is C31H43ClFN5O5S. The van der Waals surface area contributed by atoms with E-state index in [1.165, 1.54) is 9.21 Å². The fourth-order valence-corrected chi connectivity index (χ4v) is 9.35. The van der Waals surface area contributed by atoms with E-state index in [4.69, 9.17) is 22.1 Å². The Kier molecular flexibility index (Phi) is 10.4. The molecule has 5 unspecified atom stereocenters. The van der Waals surface area contributed by atoms with Crippen LogP contribution in [0.25, 0.3) is 0 Å². The number of hydrogen-bond acceptors (Lipinski definition) is 7. The van der Waals surface area contributed by atoms with Gasteiger partial charge in [-0.3, -0.25) is 4.98 Å². The van der Waals surface area contributed by atoms with E-state index in [2.05, 4.69) is 24.1 Å². The molecule has 0 aliphatic carbocycles. The number of amides is 1. The number of hydrogen-bond donors (Lipinski definition) is 3. The topological polar surface area (TPSA) is 138 Å². The number of ether oxygens (including phenoxy) is 1. The standard InChI is InChI=1S/C31H43ClFN5O5S/c1-19-12-22(13-20(2)43-19)30(21-5-7-23(32)8-6-21)28(34)15-36-29-16-35-14-27(33)26(29)10-9-25-17-37(31(39)40)24-4-3-11-44(41,42)38(25)18-24/h5-8,14,16,19-20,22,24-25,28,30,36H,3-4,9-13,15,17-18,34H2,1-2H3,(H,39,40)/t19?,20?,22?,24?,25?,28-,30-/m0/s1. The Labute approximate surface area is 264 Å². The zero-order chi connectivity index (χ0) is 31.6. The molecule has 4 heterocycles. The van der Waals surface area contributed by atoms with E-state index < -0.39 is 28.0 Å². The molecule has 242 valence electrons. The highest BCUT2D eigenvalue weighted by atomic mass is 35.5. The van der Waals surface area contributed by atoms with Gasteiger partial charge in [-0.2, -0.15) is 4.31 Å². The number of rotatable bonds is 9. The van der Waals surface area contributed by atoms with Gasteiger partial charge in [-0.1, -0.05) is 23.7 Å². The Balaban J connectivity index is 1.33. The van der Waals surface area contributed by atoms with Crippen LogP contribution < -0.4 is 11.1 Å². The maximum absolute atomic E-state index is 15.2. The molecule has 3 aliphatic heterocycles. The smallest absolute Gasteiger partial charge is 0.407 e. The lowest BCUT2D eigenvalue weighted by molar-refractivity contribution is -0.0582. The quantitative estimate of drug-likeness (QED) is 0.355. The van der Waals surface area contributed by atoms with Crippen molar-refractivity contribution >= 4 is 33.4 Å². The van der Waals surface area contributed by atoms with Gasteiger partial charge in [0, 0.05) is 54.3 Å². The highest BCUT2D eigenvalue weighted by Gasteiger charge is 2.43. The number of anilines is 1. The third-order valence-electron chi connectivity index (χ3n) is 9.41. The maximum Gasteiger partial charge on any atom is 0.407 e. The van der Waals surface area contributed by atoms with Gasteiger partial charge in [0.2, 0.25) is 10.0 Å². The summed E-state index contributed by atoms with van der Waals surface area (Å²) in [6, 6.07) is 6.49. The number of nitrogens with zero attached hydrogens (tertiary/aromatic N) is 3. The van der Waals surface area contributed by atoms with Crippen molar-refractivity contribution in [1.29, 1.82) is 0 Å². The number of nitrogens with one attached hydrogen (secondary N) is 1.